The van der Waals surface area contributed by atoms with E-state index in [-0.39, 0.29) is 11.7 Å². The summed E-state index contributed by atoms with van der Waals surface area (Å²) in [5, 5.41) is 1.75. The van der Waals surface area contributed by atoms with Gasteiger partial charge in [0.05, 0.1) is 10.4 Å². The van der Waals surface area contributed by atoms with E-state index in [1.807, 2.05) is 23.1 Å². The number of nitrogens with zero attached hydrogens (tertiary/aromatic N) is 1. The van der Waals surface area contributed by atoms with Crippen LogP contribution in [-0.4, -0.2) is 35.6 Å². The highest BCUT2D eigenvalue weighted by atomic mass is 32.1. The van der Waals surface area contributed by atoms with Gasteiger partial charge in [-0.3, -0.25) is 14.4 Å². The smallest absolute Gasteiger partial charge is 0.254 e. The van der Waals surface area contributed by atoms with Gasteiger partial charge in [-0.1, -0.05) is 12.1 Å². The topological polar surface area (TPSA) is 80.5 Å². The number of hydrogen-bond donors (Lipinski definition) is 1. The maximum absolute atomic E-state index is 12.6. The monoisotopic (exact) mass is 356 g/mol. The van der Waals surface area contributed by atoms with Gasteiger partial charge in [-0.05, 0) is 49.4 Å². The molecule has 0 saturated carbocycles. The number of hydrogen-bond acceptors (Lipinski definition) is 4. The predicted molar refractivity (Wildman–Crippen MR) is 97.0 cm³/mol. The molecule has 2 amide bonds. The number of ketones is 1. The lowest BCUT2D eigenvalue weighted by Crippen LogP contribution is -2.28. The Kier molecular flexibility index (Phi) is 4.99. The van der Waals surface area contributed by atoms with E-state index < -0.39 is 5.91 Å². The number of Topliss-reactive ketones (excluding diaryl/α,β-unsaturated/α-hetero) is 1. The third-order valence-electron chi connectivity index (χ3n) is 4.50. The molecule has 0 spiro atoms. The van der Waals surface area contributed by atoms with Crippen LogP contribution in [0.5, 0.6) is 0 Å². The zero-order chi connectivity index (χ0) is 18.0. The first-order chi connectivity index (χ1) is 11.9. The summed E-state index contributed by atoms with van der Waals surface area (Å²) in [6.45, 7) is 2.90. The lowest BCUT2D eigenvalue weighted by Gasteiger charge is -2.16. The van der Waals surface area contributed by atoms with Gasteiger partial charge in [-0.2, -0.15) is 0 Å². The Morgan fingerprint density at radius 2 is 2.04 bits per heavy atom. The Labute approximate surface area is 150 Å². The van der Waals surface area contributed by atoms with Gasteiger partial charge in [-0.15, -0.1) is 11.3 Å². The maximum Gasteiger partial charge on any atom is 0.254 e. The fourth-order valence-electron chi connectivity index (χ4n) is 3.18. The minimum Gasteiger partial charge on any atom is -0.366 e. The molecular formula is C19H20N2O3S. The lowest BCUT2D eigenvalue weighted by molar-refractivity contribution is 0.0787. The minimum atomic E-state index is -0.427. The van der Waals surface area contributed by atoms with E-state index in [1.54, 1.807) is 17.5 Å². The molecule has 2 N–H and O–H groups in total. The fraction of sp³-hybridized carbons (Fsp3) is 0.316. The molecule has 130 valence electrons. The van der Waals surface area contributed by atoms with Crippen molar-refractivity contribution >= 4 is 28.9 Å². The number of nitrogens with two attached hydrogens (primary N) is 1. The SMILES string of the molecule is CC(=O)c1cc(C(=O)N2CC[C@@H](Cc3cccc(C(N)=O)c3)C2)cs1. The second-order valence-corrected chi connectivity index (χ2v) is 7.34. The van der Waals surface area contributed by atoms with E-state index in [9.17, 15) is 14.4 Å². The molecule has 0 aliphatic carbocycles. The number of rotatable bonds is 5. The van der Waals surface area contributed by atoms with Crippen molar-refractivity contribution in [2.45, 2.75) is 19.8 Å². The van der Waals surface area contributed by atoms with E-state index in [1.165, 1.54) is 18.3 Å². The van der Waals surface area contributed by atoms with Crippen LogP contribution in [0.1, 0.15) is 49.3 Å². The second-order valence-electron chi connectivity index (χ2n) is 6.43. The maximum atomic E-state index is 12.6. The van der Waals surface area contributed by atoms with Crippen molar-refractivity contribution in [2.75, 3.05) is 13.1 Å². The summed E-state index contributed by atoms with van der Waals surface area (Å²) >= 11 is 1.31. The van der Waals surface area contributed by atoms with Crippen molar-refractivity contribution in [3.8, 4) is 0 Å². The first kappa shape index (κ1) is 17.4. The standard InChI is InChI=1S/C19H20N2O3S/c1-12(22)17-9-16(11-25-17)19(24)21-6-5-14(10-21)7-13-3-2-4-15(8-13)18(20)23/h2-4,8-9,11,14H,5-7,10H2,1H3,(H2,20,23)/t14-/m0/s1. The van der Waals surface area contributed by atoms with Gasteiger partial charge in [0.25, 0.3) is 5.91 Å². The molecule has 5 nitrogen and oxygen atoms in total. The second kappa shape index (κ2) is 7.19. The van der Waals surface area contributed by atoms with Gasteiger partial charge in [-0.25, -0.2) is 0 Å². The number of amides is 2. The van der Waals surface area contributed by atoms with Gasteiger partial charge in [0.1, 0.15) is 0 Å². The molecule has 1 fully saturated rings. The number of thiophene rings is 1. The summed E-state index contributed by atoms with van der Waals surface area (Å²) < 4.78 is 0. The minimum absolute atomic E-state index is 0.0160. The molecule has 2 aromatic rings. The van der Waals surface area contributed by atoms with Crippen LogP contribution in [-0.2, 0) is 6.42 Å². The average Bonchev–Trinajstić information content (AvgIpc) is 3.24. The fourth-order valence-corrected chi connectivity index (χ4v) is 3.97. The molecule has 25 heavy (non-hydrogen) atoms. The number of carbonyl (C=O) groups excluding carboxylic acids is 3. The van der Waals surface area contributed by atoms with Crippen LogP contribution >= 0.6 is 11.3 Å². The molecule has 1 saturated heterocycles. The molecule has 3 rings (SSSR count). The van der Waals surface area contributed by atoms with Crippen LogP contribution in [0, 0.1) is 5.92 Å². The van der Waals surface area contributed by atoms with E-state index in [2.05, 4.69) is 0 Å². The third-order valence-corrected chi connectivity index (χ3v) is 5.53. The summed E-state index contributed by atoms with van der Waals surface area (Å²) in [7, 11) is 0. The normalized spacial score (nSPS) is 16.8. The summed E-state index contributed by atoms with van der Waals surface area (Å²) in [6, 6.07) is 9.03. The van der Waals surface area contributed by atoms with Crippen LogP contribution < -0.4 is 5.73 Å². The van der Waals surface area contributed by atoms with E-state index in [0.717, 1.165) is 18.4 Å². The van der Waals surface area contributed by atoms with Gasteiger partial charge in [0, 0.05) is 24.0 Å². The van der Waals surface area contributed by atoms with Crippen LogP contribution in [0.2, 0.25) is 0 Å². The highest BCUT2D eigenvalue weighted by molar-refractivity contribution is 7.12. The summed E-state index contributed by atoms with van der Waals surface area (Å²) in [5.41, 5.74) is 7.49. The molecular weight excluding hydrogens is 336 g/mol. The number of primary amides is 1. The molecule has 2 heterocycles. The number of carbonyl (C=O) groups is 3. The first-order valence-corrected chi connectivity index (χ1v) is 9.09. The van der Waals surface area contributed by atoms with Gasteiger partial charge >= 0.3 is 0 Å². The zero-order valence-corrected chi connectivity index (χ0v) is 14.8. The zero-order valence-electron chi connectivity index (χ0n) is 14.0. The molecule has 1 aliphatic heterocycles. The van der Waals surface area contributed by atoms with E-state index in [0.29, 0.717) is 35.0 Å². The van der Waals surface area contributed by atoms with Crippen LogP contribution in [0.15, 0.2) is 35.7 Å². The molecule has 0 unspecified atom stereocenters. The van der Waals surface area contributed by atoms with Crippen molar-refractivity contribution in [3.63, 3.8) is 0 Å². The molecule has 0 bridgehead atoms. The summed E-state index contributed by atoms with van der Waals surface area (Å²) in [5.74, 6) is -0.100. The van der Waals surface area contributed by atoms with Crippen LogP contribution in [0.25, 0.3) is 0 Å². The lowest BCUT2D eigenvalue weighted by atomic mass is 9.97. The van der Waals surface area contributed by atoms with Gasteiger partial charge < -0.3 is 10.6 Å². The molecule has 1 atom stereocenters. The largest absolute Gasteiger partial charge is 0.366 e. The average molecular weight is 356 g/mol. The van der Waals surface area contributed by atoms with Crippen molar-refractivity contribution < 1.29 is 14.4 Å². The van der Waals surface area contributed by atoms with Crippen molar-refractivity contribution in [2.24, 2.45) is 11.7 Å². The Bertz CT molecular complexity index is 828. The number of likely N-dealkylation sites (tertiary alicyclic amines) is 1. The van der Waals surface area contributed by atoms with E-state index >= 15 is 0 Å². The molecule has 1 aromatic heterocycles. The van der Waals surface area contributed by atoms with Crippen molar-refractivity contribution in [1.82, 2.24) is 4.90 Å². The van der Waals surface area contributed by atoms with Crippen molar-refractivity contribution in [3.05, 3.63) is 57.3 Å². The molecule has 6 heteroatoms. The Hall–Kier alpha value is -2.47. The van der Waals surface area contributed by atoms with Crippen LogP contribution in [0.3, 0.4) is 0 Å². The summed E-state index contributed by atoms with van der Waals surface area (Å²) in [6.07, 6.45) is 1.74. The van der Waals surface area contributed by atoms with Gasteiger partial charge in [0.15, 0.2) is 5.78 Å². The first-order valence-electron chi connectivity index (χ1n) is 8.21. The predicted octanol–water partition coefficient (Wildman–Crippen LogP) is 2.75. The molecule has 0 radical (unpaired) electrons. The number of benzene rings is 1. The van der Waals surface area contributed by atoms with Gasteiger partial charge in [0.2, 0.25) is 5.91 Å². The van der Waals surface area contributed by atoms with Crippen molar-refractivity contribution in [1.29, 1.82) is 0 Å². The molecule has 1 aromatic carbocycles. The van der Waals surface area contributed by atoms with E-state index in [4.69, 9.17) is 5.73 Å². The molecule has 1 aliphatic rings. The highest BCUT2D eigenvalue weighted by Gasteiger charge is 2.27. The van der Waals surface area contributed by atoms with Crippen LogP contribution in [0.4, 0.5) is 0 Å². The Morgan fingerprint density at radius 1 is 1.24 bits per heavy atom. The quantitative estimate of drug-likeness (QED) is 0.837. The highest BCUT2D eigenvalue weighted by Crippen LogP contribution is 2.24. The Balaban J connectivity index is 1.63. The Morgan fingerprint density at radius 3 is 2.72 bits per heavy atom. The third kappa shape index (κ3) is 3.96. The summed E-state index contributed by atoms with van der Waals surface area (Å²) in [4.78, 5) is 37.7.